The van der Waals surface area contributed by atoms with Crippen LogP contribution in [0.3, 0.4) is 0 Å². The Labute approximate surface area is 104 Å². The van der Waals surface area contributed by atoms with Crippen molar-refractivity contribution in [3.8, 4) is 0 Å². The summed E-state index contributed by atoms with van der Waals surface area (Å²) >= 11 is 0. The van der Waals surface area contributed by atoms with Crippen molar-refractivity contribution < 1.29 is 30.7 Å². The zero-order valence-corrected chi connectivity index (χ0v) is 9.39. The summed E-state index contributed by atoms with van der Waals surface area (Å²) in [6.07, 6.45) is -11.7. The molecule has 1 nitrogen and oxygen atoms in total. The van der Waals surface area contributed by atoms with Gasteiger partial charge in [0.1, 0.15) is 5.82 Å². The molecule has 0 fully saturated rings. The van der Waals surface area contributed by atoms with Crippen molar-refractivity contribution in [2.75, 3.05) is 0 Å². The Balaban J connectivity index is 2.93. The fourth-order valence-corrected chi connectivity index (χ4v) is 1.73. The highest BCUT2D eigenvalue weighted by molar-refractivity contribution is 5.17. The van der Waals surface area contributed by atoms with Crippen LogP contribution in [0.1, 0.15) is 5.56 Å². The SMILES string of the molecule is NC(Cc1cccc(F)c1)C(C(F)(F)F)C(F)(F)F. The van der Waals surface area contributed by atoms with E-state index in [1.807, 2.05) is 0 Å². The third-order valence-electron chi connectivity index (χ3n) is 2.49. The lowest BCUT2D eigenvalue weighted by Crippen LogP contribution is -2.49. The van der Waals surface area contributed by atoms with Gasteiger partial charge in [-0.25, -0.2) is 4.39 Å². The van der Waals surface area contributed by atoms with E-state index in [1.165, 1.54) is 12.1 Å². The van der Waals surface area contributed by atoms with E-state index in [9.17, 15) is 30.7 Å². The summed E-state index contributed by atoms with van der Waals surface area (Å²) in [6, 6.07) is 2.06. The average molecular weight is 289 g/mol. The molecule has 8 heteroatoms. The summed E-state index contributed by atoms with van der Waals surface area (Å²) in [6.45, 7) is 0. The van der Waals surface area contributed by atoms with Crippen molar-refractivity contribution in [3.05, 3.63) is 35.6 Å². The largest absolute Gasteiger partial charge is 0.402 e. The molecule has 0 saturated carbocycles. The second-order valence-corrected chi connectivity index (χ2v) is 4.06. The maximum Gasteiger partial charge on any atom is 0.402 e. The molecule has 1 unspecified atom stereocenters. The molecule has 1 aromatic rings. The van der Waals surface area contributed by atoms with Crippen LogP contribution in [0.5, 0.6) is 0 Å². The summed E-state index contributed by atoms with van der Waals surface area (Å²) in [4.78, 5) is 0. The third-order valence-corrected chi connectivity index (χ3v) is 2.49. The van der Waals surface area contributed by atoms with Gasteiger partial charge in [0.2, 0.25) is 0 Å². The van der Waals surface area contributed by atoms with Gasteiger partial charge in [0.25, 0.3) is 0 Å². The molecule has 0 bridgehead atoms. The van der Waals surface area contributed by atoms with E-state index < -0.39 is 36.6 Å². The molecule has 0 saturated heterocycles. The number of alkyl halides is 6. The molecule has 1 aromatic carbocycles. The van der Waals surface area contributed by atoms with E-state index in [0.29, 0.717) is 0 Å². The molecule has 19 heavy (non-hydrogen) atoms. The van der Waals surface area contributed by atoms with Crippen molar-refractivity contribution in [1.29, 1.82) is 0 Å². The smallest absolute Gasteiger partial charge is 0.327 e. The molecule has 0 aromatic heterocycles. The highest BCUT2D eigenvalue weighted by Crippen LogP contribution is 2.41. The first-order chi connectivity index (χ1) is 8.51. The summed E-state index contributed by atoms with van der Waals surface area (Å²) in [7, 11) is 0. The zero-order valence-electron chi connectivity index (χ0n) is 9.39. The van der Waals surface area contributed by atoms with Gasteiger partial charge in [-0.2, -0.15) is 26.3 Å². The predicted octanol–water partition coefficient (Wildman–Crippen LogP) is 3.44. The van der Waals surface area contributed by atoms with E-state index in [1.54, 1.807) is 0 Å². The number of halogens is 7. The molecular weight excluding hydrogens is 279 g/mol. The van der Waals surface area contributed by atoms with Crippen LogP contribution >= 0.6 is 0 Å². The standard InChI is InChI=1S/C11H10F7N/c12-7-3-1-2-6(4-7)5-8(19)9(10(13,14)15)11(16,17)18/h1-4,8-9H,5,19H2. The third kappa shape index (κ3) is 4.38. The van der Waals surface area contributed by atoms with Gasteiger partial charge in [0.05, 0.1) is 0 Å². The van der Waals surface area contributed by atoms with Crippen molar-refractivity contribution in [1.82, 2.24) is 0 Å². The number of hydrogen-bond donors (Lipinski definition) is 1. The second kappa shape index (κ2) is 5.36. The Morgan fingerprint density at radius 2 is 1.53 bits per heavy atom. The van der Waals surface area contributed by atoms with E-state index >= 15 is 0 Å². The van der Waals surface area contributed by atoms with Crippen molar-refractivity contribution in [2.45, 2.75) is 24.8 Å². The van der Waals surface area contributed by atoms with Gasteiger partial charge < -0.3 is 5.73 Å². The molecule has 2 N–H and O–H groups in total. The monoisotopic (exact) mass is 289 g/mol. The predicted molar refractivity (Wildman–Crippen MR) is 53.7 cm³/mol. The first kappa shape index (κ1) is 15.7. The van der Waals surface area contributed by atoms with Gasteiger partial charge in [0.15, 0.2) is 5.92 Å². The van der Waals surface area contributed by atoms with Gasteiger partial charge in [0, 0.05) is 6.04 Å². The zero-order chi connectivity index (χ0) is 14.8. The second-order valence-electron chi connectivity index (χ2n) is 4.06. The lowest BCUT2D eigenvalue weighted by Gasteiger charge is -2.28. The molecule has 1 atom stereocenters. The van der Waals surface area contributed by atoms with Crippen LogP contribution in [0.4, 0.5) is 30.7 Å². The van der Waals surface area contributed by atoms with Crippen molar-refractivity contribution in [3.63, 3.8) is 0 Å². The molecule has 0 aliphatic carbocycles. The van der Waals surface area contributed by atoms with Crippen LogP contribution in [-0.4, -0.2) is 18.4 Å². The van der Waals surface area contributed by atoms with Gasteiger partial charge in [-0.3, -0.25) is 0 Å². The molecule has 0 radical (unpaired) electrons. The summed E-state index contributed by atoms with van der Waals surface area (Å²) in [5, 5.41) is 0. The van der Waals surface area contributed by atoms with Gasteiger partial charge in [-0.15, -0.1) is 0 Å². The number of nitrogens with two attached hydrogens (primary N) is 1. The Hall–Kier alpha value is -1.31. The normalized spacial score (nSPS) is 14.8. The highest BCUT2D eigenvalue weighted by Gasteiger charge is 2.59. The Morgan fingerprint density at radius 3 is 1.95 bits per heavy atom. The summed E-state index contributed by atoms with van der Waals surface area (Å²) in [5.41, 5.74) is 4.99. The molecule has 108 valence electrons. The fraction of sp³-hybridized carbons (Fsp3) is 0.455. The van der Waals surface area contributed by atoms with Crippen molar-refractivity contribution >= 4 is 0 Å². The molecule has 0 amide bonds. The molecule has 0 aliphatic heterocycles. The first-order valence-electron chi connectivity index (χ1n) is 5.15. The minimum absolute atomic E-state index is 0.0222. The van der Waals surface area contributed by atoms with Gasteiger partial charge in [-0.05, 0) is 24.1 Å². The Bertz CT molecular complexity index is 410. The summed E-state index contributed by atoms with van der Waals surface area (Å²) < 4.78 is 87.0. The Kier molecular flexibility index (Phi) is 4.44. The molecule has 0 heterocycles. The maximum atomic E-state index is 12.8. The summed E-state index contributed by atoms with van der Waals surface area (Å²) in [5.74, 6) is -4.39. The maximum absolute atomic E-state index is 12.8. The number of rotatable bonds is 3. The molecular formula is C11H10F7N. The first-order valence-corrected chi connectivity index (χ1v) is 5.15. The van der Waals surface area contributed by atoms with Gasteiger partial charge in [-0.1, -0.05) is 12.1 Å². The quantitative estimate of drug-likeness (QED) is 0.848. The number of hydrogen-bond acceptors (Lipinski definition) is 1. The van der Waals surface area contributed by atoms with Crippen molar-refractivity contribution in [2.24, 2.45) is 11.7 Å². The molecule has 1 rings (SSSR count). The molecule has 0 spiro atoms. The molecule has 0 aliphatic rings. The van der Waals surface area contributed by atoms with E-state index in [0.717, 1.165) is 12.1 Å². The fourth-order valence-electron chi connectivity index (χ4n) is 1.73. The van der Waals surface area contributed by atoms with Crippen LogP contribution in [0.15, 0.2) is 24.3 Å². The van der Waals surface area contributed by atoms with E-state index in [2.05, 4.69) is 0 Å². The Morgan fingerprint density at radius 1 is 1.00 bits per heavy atom. The van der Waals surface area contributed by atoms with Crippen LogP contribution in [0.2, 0.25) is 0 Å². The highest BCUT2D eigenvalue weighted by atomic mass is 19.4. The van der Waals surface area contributed by atoms with Crippen LogP contribution in [-0.2, 0) is 6.42 Å². The van der Waals surface area contributed by atoms with Gasteiger partial charge >= 0.3 is 12.4 Å². The minimum Gasteiger partial charge on any atom is -0.327 e. The lowest BCUT2D eigenvalue weighted by molar-refractivity contribution is -0.289. The lowest BCUT2D eigenvalue weighted by atomic mass is 9.93. The van der Waals surface area contributed by atoms with Crippen LogP contribution < -0.4 is 5.73 Å². The number of benzene rings is 1. The van der Waals surface area contributed by atoms with E-state index in [4.69, 9.17) is 5.73 Å². The van der Waals surface area contributed by atoms with Crippen LogP contribution in [0, 0.1) is 11.7 Å². The topological polar surface area (TPSA) is 26.0 Å². The average Bonchev–Trinajstić information content (AvgIpc) is 2.11. The van der Waals surface area contributed by atoms with Crippen LogP contribution in [0.25, 0.3) is 0 Å². The van der Waals surface area contributed by atoms with E-state index in [-0.39, 0.29) is 5.56 Å². The minimum atomic E-state index is -5.50.